The third-order valence-electron chi connectivity index (χ3n) is 2.45. The first-order valence-electron chi connectivity index (χ1n) is 5.62. The molecule has 0 bridgehead atoms. The fourth-order valence-corrected chi connectivity index (χ4v) is 3.19. The van der Waals surface area contributed by atoms with Crippen molar-refractivity contribution in [3.63, 3.8) is 0 Å². The van der Waals surface area contributed by atoms with Gasteiger partial charge in [0.25, 0.3) is 0 Å². The first kappa shape index (κ1) is 14.2. The molecule has 0 aromatic carbocycles. The van der Waals surface area contributed by atoms with Crippen molar-refractivity contribution in [1.29, 1.82) is 0 Å². The summed E-state index contributed by atoms with van der Waals surface area (Å²) in [6.07, 6.45) is 1.02. The number of hydrogen-bond acceptors (Lipinski definition) is 3. The molecular formula is C12H20BrNOS. The van der Waals surface area contributed by atoms with E-state index in [0.29, 0.717) is 5.92 Å². The van der Waals surface area contributed by atoms with Crippen LogP contribution in [-0.2, 0) is 6.54 Å². The van der Waals surface area contributed by atoms with Crippen LogP contribution in [0.5, 0.6) is 0 Å². The second-order valence-corrected chi connectivity index (χ2v) is 6.70. The van der Waals surface area contributed by atoms with Gasteiger partial charge in [-0.1, -0.05) is 13.8 Å². The summed E-state index contributed by atoms with van der Waals surface area (Å²) < 4.78 is 1.18. The Hall–Kier alpha value is 0.100. The molecule has 1 atom stereocenters. The first-order chi connectivity index (χ1) is 7.52. The van der Waals surface area contributed by atoms with Crippen LogP contribution in [-0.4, -0.2) is 17.8 Å². The number of aliphatic hydroxyl groups is 1. The fourth-order valence-electron chi connectivity index (χ4n) is 1.64. The van der Waals surface area contributed by atoms with E-state index in [1.807, 2.05) is 0 Å². The van der Waals surface area contributed by atoms with Crippen molar-refractivity contribution in [2.75, 3.05) is 6.61 Å². The molecule has 0 amide bonds. The molecule has 16 heavy (non-hydrogen) atoms. The highest BCUT2D eigenvalue weighted by Gasteiger charge is 2.10. The minimum absolute atomic E-state index is 0.209. The van der Waals surface area contributed by atoms with Gasteiger partial charge in [0.1, 0.15) is 0 Å². The highest BCUT2D eigenvalue weighted by Crippen LogP contribution is 2.26. The van der Waals surface area contributed by atoms with Crippen molar-refractivity contribution in [2.24, 2.45) is 5.92 Å². The molecule has 0 saturated carbocycles. The average Bonchev–Trinajstić information content (AvgIpc) is 2.53. The average molecular weight is 306 g/mol. The molecule has 0 aliphatic carbocycles. The Labute approximate surface area is 110 Å². The van der Waals surface area contributed by atoms with Crippen LogP contribution in [0.3, 0.4) is 0 Å². The molecule has 1 unspecified atom stereocenters. The van der Waals surface area contributed by atoms with Crippen molar-refractivity contribution in [3.05, 3.63) is 20.3 Å². The molecule has 1 aromatic rings. The smallest absolute Gasteiger partial charge is 0.0584 e. The van der Waals surface area contributed by atoms with E-state index < -0.39 is 0 Å². The predicted octanol–water partition coefficient (Wildman–Crippen LogP) is 3.32. The van der Waals surface area contributed by atoms with Crippen molar-refractivity contribution in [3.8, 4) is 0 Å². The Kier molecular flexibility index (Phi) is 5.97. The van der Waals surface area contributed by atoms with E-state index in [1.165, 1.54) is 14.2 Å². The van der Waals surface area contributed by atoms with E-state index in [9.17, 15) is 5.11 Å². The Morgan fingerprint density at radius 1 is 1.50 bits per heavy atom. The van der Waals surface area contributed by atoms with Gasteiger partial charge in [-0.2, -0.15) is 0 Å². The van der Waals surface area contributed by atoms with E-state index >= 15 is 0 Å². The SMILES string of the molecule is Cc1sc(CNC(CO)CC(C)C)cc1Br. The molecule has 2 N–H and O–H groups in total. The number of aryl methyl sites for hydroxylation is 1. The lowest BCUT2D eigenvalue weighted by Crippen LogP contribution is -2.32. The van der Waals surface area contributed by atoms with Crippen LogP contribution in [0.2, 0.25) is 0 Å². The van der Waals surface area contributed by atoms with E-state index in [0.717, 1.165) is 13.0 Å². The molecule has 1 aromatic heterocycles. The summed E-state index contributed by atoms with van der Waals surface area (Å²) in [5.74, 6) is 0.612. The largest absolute Gasteiger partial charge is 0.395 e. The van der Waals surface area contributed by atoms with Gasteiger partial charge in [0.05, 0.1) is 6.61 Å². The maximum atomic E-state index is 9.24. The van der Waals surface area contributed by atoms with Crippen LogP contribution in [0.1, 0.15) is 30.0 Å². The number of halogens is 1. The minimum Gasteiger partial charge on any atom is -0.395 e. The van der Waals surface area contributed by atoms with Crippen LogP contribution in [0.15, 0.2) is 10.5 Å². The van der Waals surface area contributed by atoms with Gasteiger partial charge < -0.3 is 10.4 Å². The molecule has 0 aliphatic heterocycles. The summed E-state index contributed by atoms with van der Waals surface area (Å²) in [5.41, 5.74) is 0. The lowest BCUT2D eigenvalue weighted by Gasteiger charge is -2.17. The summed E-state index contributed by atoms with van der Waals surface area (Å²) in [6.45, 7) is 7.51. The van der Waals surface area contributed by atoms with Gasteiger partial charge in [-0.05, 0) is 41.3 Å². The molecule has 4 heteroatoms. The van der Waals surface area contributed by atoms with E-state index in [-0.39, 0.29) is 12.6 Å². The maximum absolute atomic E-state index is 9.24. The molecular weight excluding hydrogens is 286 g/mol. The monoisotopic (exact) mass is 305 g/mol. The number of rotatable bonds is 6. The lowest BCUT2D eigenvalue weighted by molar-refractivity contribution is 0.224. The van der Waals surface area contributed by atoms with Gasteiger partial charge in [-0.25, -0.2) is 0 Å². The normalized spacial score (nSPS) is 13.4. The van der Waals surface area contributed by atoms with Crippen LogP contribution >= 0.6 is 27.3 Å². The van der Waals surface area contributed by atoms with Gasteiger partial charge >= 0.3 is 0 Å². The van der Waals surface area contributed by atoms with Crippen LogP contribution < -0.4 is 5.32 Å². The quantitative estimate of drug-likeness (QED) is 0.845. The van der Waals surface area contributed by atoms with Crippen LogP contribution in [0.4, 0.5) is 0 Å². The Bertz CT molecular complexity index is 305. The third kappa shape index (κ3) is 4.53. The summed E-state index contributed by atoms with van der Waals surface area (Å²) >= 11 is 5.31. The molecule has 0 saturated heterocycles. The first-order valence-corrected chi connectivity index (χ1v) is 7.23. The summed E-state index contributed by atoms with van der Waals surface area (Å²) in [6, 6.07) is 2.36. The molecule has 0 spiro atoms. The van der Waals surface area contributed by atoms with Crippen molar-refractivity contribution in [1.82, 2.24) is 5.32 Å². The van der Waals surface area contributed by atoms with Gasteiger partial charge in [0.15, 0.2) is 0 Å². The van der Waals surface area contributed by atoms with Gasteiger partial charge in [0, 0.05) is 26.8 Å². The fraction of sp³-hybridized carbons (Fsp3) is 0.667. The van der Waals surface area contributed by atoms with Crippen molar-refractivity contribution >= 4 is 27.3 Å². The molecule has 0 radical (unpaired) electrons. The number of aliphatic hydroxyl groups excluding tert-OH is 1. The molecule has 0 fully saturated rings. The van der Waals surface area contributed by atoms with E-state index in [2.05, 4.69) is 48.1 Å². The highest BCUT2D eigenvalue weighted by molar-refractivity contribution is 9.10. The lowest BCUT2D eigenvalue weighted by atomic mass is 10.0. The summed E-state index contributed by atoms with van der Waals surface area (Å²) in [4.78, 5) is 2.62. The van der Waals surface area contributed by atoms with Gasteiger partial charge in [-0.3, -0.25) is 0 Å². The van der Waals surface area contributed by atoms with Crippen LogP contribution in [0.25, 0.3) is 0 Å². The Balaban J connectivity index is 2.43. The molecule has 1 rings (SSSR count). The standard InChI is InChI=1S/C12H20BrNOS/c1-8(2)4-10(7-15)14-6-11-5-12(13)9(3)16-11/h5,8,10,14-15H,4,6-7H2,1-3H3. The summed E-state index contributed by atoms with van der Waals surface area (Å²) in [7, 11) is 0. The number of thiophene rings is 1. The van der Waals surface area contributed by atoms with E-state index in [1.54, 1.807) is 11.3 Å². The zero-order valence-corrected chi connectivity index (χ0v) is 12.5. The highest BCUT2D eigenvalue weighted by atomic mass is 79.9. The second-order valence-electron chi connectivity index (χ2n) is 4.51. The molecule has 1 heterocycles. The topological polar surface area (TPSA) is 32.3 Å². The van der Waals surface area contributed by atoms with Crippen molar-refractivity contribution < 1.29 is 5.11 Å². The Morgan fingerprint density at radius 2 is 2.19 bits per heavy atom. The predicted molar refractivity (Wildman–Crippen MR) is 73.9 cm³/mol. The second kappa shape index (κ2) is 6.74. The summed E-state index contributed by atoms with van der Waals surface area (Å²) in [5, 5.41) is 12.6. The van der Waals surface area contributed by atoms with E-state index in [4.69, 9.17) is 0 Å². The molecule has 92 valence electrons. The number of hydrogen-bond donors (Lipinski definition) is 2. The zero-order valence-electron chi connectivity index (χ0n) is 10.1. The number of nitrogens with one attached hydrogen (secondary N) is 1. The van der Waals surface area contributed by atoms with Gasteiger partial charge in [-0.15, -0.1) is 11.3 Å². The Morgan fingerprint density at radius 3 is 2.62 bits per heavy atom. The zero-order chi connectivity index (χ0) is 12.1. The molecule has 2 nitrogen and oxygen atoms in total. The van der Waals surface area contributed by atoms with Crippen LogP contribution in [0, 0.1) is 12.8 Å². The molecule has 0 aliphatic rings. The van der Waals surface area contributed by atoms with Crippen molar-refractivity contribution in [2.45, 2.75) is 39.8 Å². The minimum atomic E-state index is 0.209. The maximum Gasteiger partial charge on any atom is 0.0584 e. The third-order valence-corrected chi connectivity index (χ3v) is 4.59. The van der Waals surface area contributed by atoms with Gasteiger partial charge in [0.2, 0.25) is 0 Å².